The van der Waals surface area contributed by atoms with E-state index in [1.807, 2.05) is 49.7 Å². The van der Waals surface area contributed by atoms with Crippen LogP contribution in [0.2, 0.25) is 0 Å². The van der Waals surface area contributed by atoms with Crippen LogP contribution in [-0.2, 0) is 0 Å². The Hall–Kier alpha value is -3.62. The van der Waals surface area contributed by atoms with Crippen LogP contribution in [0.25, 0.3) is 5.82 Å². The molecule has 1 aromatic carbocycles. The highest BCUT2D eigenvalue weighted by Crippen LogP contribution is 2.15. The minimum Gasteiger partial charge on any atom is -0.494 e. The maximum atomic E-state index is 12.0. The molecule has 0 bridgehead atoms. The number of urea groups is 1. The molecule has 0 aliphatic carbocycles. The SMILES string of the molecule is CCOc1ccc(NC(=O)NCCNc2cc(-n3ccnc3C)nc(C)n2)cc1. The molecule has 2 heterocycles. The number of imidazole rings is 1. The van der Waals surface area contributed by atoms with E-state index in [4.69, 9.17) is 4.74 Å². The molecular formula is C20H25N7O2. The van der Waals surface area contributed by atoms with Gasteiger partial charge in [0.1, 0.15) is 29.0 Å². The highest BCUT2D eigenvalue weighted by Gasteiger charge is 2.06. The summed E-state index contributed by atoms with van der Waals surface area (Å²) < 4.78 is 7.27. The van der Waals surface area contributed by atoms with Crippen molar-refractivity contribution in [1.82, 2.24) is 24.8 Å². The van der Waals surface area contributed by atoms with E-state index < -0.39 is 0 Å². The third kappa shape index (κ3) is 5.68. The number of hydrogen-bond donors (Lipinski definition) is 3. The summed E-state index contributed by atoms with van der Waals surface area (Å²) >= 11 is 0. The number of ether oxygens (including phenoxy) is 1. The van der Waals surface area contributed by atoms with Gasteiger partial charge in [-0.05, 0) is 45.0 Å². The smallest absolute Gasteiger partial charge is 0.319 e. The molecule has 0 unspecified atom stereocenters. The van der Waals surface area contributed by atoms with Gasteiger partial charge in [-0.3, -0.25) is 4.57 Å². The van der Waals surface area contributed by atoms with E-state index >= 15 is 0 Å². The first-order valence-corrected chi connectivity index (χ1v) is 9.42. The fourth-order valence-corrected chi connectivity index (χ4v) is 2.73. The van der Waals surface area contributed by atoms with E-state index in [-0.39, 0.29) is 6.03 Å². The fraction of sp³-hybridized carbons (Fsp3) is 0.300. The zero-order valence-electron chi connectivity index (χ0n) is 16.8. The van der Waals surface area contributed by atoms with Crippen molar-refractivity contribution in [3.8, 4) is 11.6 Å². The van der Waals surface area contributed by atoms with Crippen molar-refractivity contribution in [2.75, 3.05) is 30.3 Å². The molecule has 2 aromatic heterocycles. The summed E-state index contributed by atoms with van der Waals surface area (Å²) in [6.07, 6.45) is 3.58. The molecule has 2 amide bonds. The minimum absolute atomic E-state index is 0.274. The number of rotatable bonds is 8. The summed E-state index contributed by atoms with van der Waals surface area (Å²) in [4.78, 5) is 25.1. The molecular weight excluding hydrogens is 370 g/mol. The van der Waals surface area contributed by atoms with Gasteiger partial charge in [0.05, 0.1) is 6.61 Å². The van der Waals surface area contributed by atoms with E-state index in [1.165, 1.54) is 0 Å². The summed E-state index contributed by atoms with van der Waals surface area (Å²) in [5.74, 6) is 3.71. The van der Waals surface area contributed by atoms with Crippen molar-refractivity contribution in [1.29, 1.82) is 0 Å². The van der Waals surface area contributed by atoms with Crippen LogP contribution in [0.3, 0.4) is 0 Å². The summed E-state index contributed by atoms with van der Waals surface area (Å²) in [7, 11) is 0. The van der Waals surface area contributed by atoms with Gasteiger partial charge in [-0.25, -0.2) is 19.7 Å². The largest absolute Gasteiger partial charge is 0.494 e. The number of aromatic nitrogens is 4. The van der Waals surface area contributed by atoms with Crippen molar-refractivity contribution in [2.45, 2.75) is 20.8 Å². The molecule has 0 spiro atoms. The number of benzene rings is 1. The zero-order chi connectivity index (χ0) is 20.6. The number of hydrogen-bond acceptors (Lipinski definition) is 6. The van der Waals surface area contributed by atoms with E-state index in [1.54, 1.807) is 18.3 Å². The molecule has 0 saturated heterocycles. The van der Waals surface area contributed by atoms with Crippen LogP contribution in [0, 0.1) is 13.8 Å². The predicted molar refractivity (Wildman–Crippen MR) is 112 cm³/mol. The molecule has 0 aliphatic rings. The lowest BCUT2D eigenvalue weighted by atomic mass is 10.3. The maximum absolute atomic E-state index is 12.0. The summed E-state index contributed by atoms with van der Waals surface area (Å²) in [6.45, 7) is 7.24. The van der Waals surface area contributed by atoms with Gasteiger partial charge in [0.15, 0.2) is 0 Å². The molecule has 0 fully saturated rings. The lowest BCUT2D eigenvalue weighted by Gasteiger charge is -2.11. The van der Waals surface area contributed by atoms with Gasteiger partial charge in [-0.15, -0.1) is 0 Å². The Morgan fingerprint density at radius 1 is 1.14 bits per heavy atom. The third-order valence-corrected chi connectivity index (χ3v) is 4.04. The van der Waals surface area contributed by atoms with E-state index in [2.05, 4.69) is 30.9 Å². The van der Waals surface area contributed by atoms with Crippen LogP contribution in [0.1, 0.15) is 18.6 Å². The predicted octanol–water partition coefficient (Wildman–Crippen LogP) is 2.91. The Morgan fingerprint density at radius 3 is 2.62 bits per heavy atom. The van der Waals surface area contributed by atoms with E-state index in [0.29, 0.717) is 37.0 Å². The third-order valence-electron chi connectivity index (χ3n) is 4.04. The molecule has 0 atom stereocenters. The number of carbonyl (C=O) groups excluding carboxylic acids is 1. The second-order valence-corrected chi connectivity index (χ2v) is 6.27. The number of anilines is 2. The molecule has 3 N–H and O–H groups in total. The topological polar surface area (TPSA) is 106 Å². The van der Waals surface area contributed by atoms with Gasteiger partial charge < -0.3 is 20.7 Å². The number of amides is 2. The Bertz CT molecular complexity index is 954. The molecule has 9 heteroatoms. The van der Waals surface area contributed by atoms with Gasteiger partial charge in [0.25, 0.3) is 0 Å². The van der Waals surface area contributed by atoms with Crippen molar-refractivity contribution in [2.24, 2.45) is 0 Å². The van der Waals surface area contributed by atoms with Crippen molar-refractivity contribution in [3.05, 3.63) is 54.4 Å². The minimum atomic E-state index is -0.274. The van der Waals surface area contributed by atoms with Crippen molar-refractivity contribution < 1.29 is 9.53 Å². The van der Waals surface area contributed by atoms with Gasteiger partial charge in [0.2, 0.25) is 0 Å². The van der Waals surface area contributed by atoms with Gasteiger partial charge >= 0.3 is 6.03 Å². The standard InChI is InChI=1S/C20H25N7O2/c1-4-29-17-7-5-16(6-8-17)26-20(28)23-10-9-22-18-13-19(25-14(2)24-18)27-12-11-21-15(27)3/h5-8,11-13H,4,9-10H2,1-3H3,(H,22,24,25)(H2,23,26,28). The van der Waals surface area contributed by atoms with Crippen LogP contribution in [0.15, 0.2) is 42.7 Å². The van der Waals surface area contributed by atoms with Crippen LogP contribution >= 0.6 is 0 Å². The highest BCUT2D eigenvalue weighted by molar-refractivity contribution is 5.89. The van der Waals surface area contributed by atoms with Gasteiger partial charge in [-0.1, -0.05) is 0 Å². The van der Waals surface area contributed by atoms with Crippen LogP contribution in [-0.4, -0.2) is 45.2 Å². The molecule has 152 valence electrons. The molecule has 0 aliphatic heterocycles. The molecule has 9 nitrogen and oxygen atoms in total. The summed E-state index contributed by atoms with van der Waals surface area (Å²) in [5.41, 5.74) is 0.700. The van der Waals surface area contributed by atoms with E-state index in [0.717, 1.165) is 17.4 Å². The fourth-order valence-electron chi connectivity index (χ4n) is 2.73. The lowest BCUT2D eigenvalue weighted by Crippen LogP contribution is -2.32. The normalized spacial score (nSPS) is 10.4. The lowest BCUT2D eigenvalue weighted by molar-refractivity contribution is 0.252. The first-order chi connectivity index (χ1) is 14.0. The Morgan fingerprint density at radius 2 is 1.93 bits per heavy atom. The van der Waals surface area contributed by atoms with Crippen LogP contribution < -0.4 is 20.7 Å². The monoisotopic (exact) mass is 395 g/mol. The average Bonchev–Trinajstić information content (AvgIpc) is 3.13. The van der Waals surface area contributed by atoms with Crippen LogP contribution in [0.4, 0.5) is 16.3 Å². The first kappa shape index (κ1) is 20.1. The number of nitrogens with zero attached hydrogens (tertiary/aromatic N) is 4. The Labute approximate surface area is 169 Å². The summed E-state index contributed by atoms with van der Waals surface area (Å²) in [6, 6.07) is 8.81. The second-order valence-electron chi connectivity index (χ2n) is 6.27. The number of nitrogens with one attached hydrogen (secondary N) is 3. The second kappa shape index (κ2) is 9.54. The number of aryl methyl sites for hydroxylation is 2. The first-order valence-electron chi connectivity index (χ1n) is 9.42. The Balaban J connectivity index is 1.47. The zero-order valence-corrected chi connectivity index (χ0v) is 16.8. The molecule has 29 heavy (non-hydrogen) atoms. The van der Waals surface area contributed by atoms with Gasteiger partial charge in [-0.2, -0.15) is 0 Å². The molecule has 3 rings (SSSR count). The molecule has 3 aromatic rings. The van der Waals surface area contributed by atoms with Crippen molar-refractivity contribution >= 4 is 17.5 Å². The quantitative estimate of drug-likeness (QED) is 0.507. The van der Waals surface area contributed by atoms with Gasteiger partial charge in [0, 0.05) is 37.2 Å². The average molecular weight is 395 g/mol. The number of carbonyl (C=O) groups is 1. The van der Waals surface area contributed by atoms with Crippen LogP contribution in [0.5, 0.6) is 5.75 Å². The molecule has 0 radical (unpaired) electrons. The summed E-state index contributed by atoms with van der Waals surface area (Å²) in [5, 5.41) is 8.79. The molecule has 0 saturated carbocycles. The maximum Gasteiger partial charge on any atom is 0.319 e. The highest BCUT2D eigenvalue weighted by atomic mass is 16.5. The Kier molecular flexibility index (Phi) is 6.62. The van der Waals surface area contributed by atoms with Crippen molar-refractivity contribution in [3.63, 3.8) is 0 Å². The van der Waals surface area contributed by atoms with E-state index in [9.17, 15) is 4.79 Å².